The minimum absolute atomic E-state index is 0.0669. The van der Waals surface area contributed by atoms with Crippen LogP contribution in [0.3, 0.4) is 0 Å². The van der Waals surface area contributed by atoms with E-state index >= 15 is 0 Å². The predicted molar refractivity (Wildman–Crippen MR) is 74.5 cm³/mol. The molecule has 0 fully saturated rings. The number of aliphatic hydroxyl groups excluding tert-OH is 1. The summed E-state index contributed by atoms with van der Waals surface area (Å²) >= 11 is 0. The van der Waals surface area contributed by atoms with Crippen molar-refractivity contribution < 1.29 is 19.0 Å². The Balaban J connectivity index is 1.92. The van der Waals surface area contributed by atoms with E-state index in [1.165, 1.54) is 12.1 Å². The lowest BCUT2D eigenvalue weighted by Crippen LogP contribution is -2.09. The number of benzene rings is 2. The molecular formula is C16H17FO3. The van der Waals surface area contributed by atoms with Gasteiger partial charge in [0, 0.05) is 6.07 Å². The molecule has 1 unspecified atom stereocenters. The number of hydrogen-bond acceptors (Lipinski definition) is 3. The first-order valence-corrected chi connectivity index (χ1v) is 6.48. The lowest BCUT2D eigenvalue weighted by Gasteiger charge is -2.13. The van der Waals surface area contributed by atoms with Crippen molar-refractivity contribution in [3.05, 3.63) is 59.9 Å². The zero-order chi connectivity index (χ0) is 14.4. The van der Waals surface area contributed by atoms with E-state index in [0.717, 1.165) is 11.3 Å². The highest BCUT2D eigenvalue weighted by molar-refractivity contribution is 5.29. The normalized spacial score (nSPS) is 11.9. The Morgan fingerprint density at radius 2 is 1.80 bits per heavy atom. The Morgan fingerprint density at radius 1 is 1.05 bits per heavy atom. The average molecular weight is 276 g/mol. The molecule has 0 saturated carbocycles. The molecule has 0 saturated heterocycles. The van der Waals surface area contributed by atoms with Gasteiger partial charge >= 0.3 is 0 Å². The maximum Gasteiger partial charge on any atom is 0.126 e. The van der Waals surface area contributed by atoms with Gasteiger partial charge in [0.05, 0.1) is 6.61 Å². The molecule has 0 aliphatic rings. The second-order valence-electron chi connectivity index (χ2n) is 4.29. The fourth-order valence-corrected chi connectivity index (χ4v) is 1.78. The lowest BCUT2D eigenvalue weighted by atomic mass is 10.1. The molecule has 106 valence electrons. The molecule has 1 atom stereocenters. The van der Waals surface area contributed by atoms with Crippen molar-refractivity contribution in [3.8, 4) is 11.5 Å². The fraction of sp³-hybridized carbons (Fsp3) is 0.250. The summed E-state index contributed by atoms with van der Waals surface area (Å²) in [5, 5.41) is 10.0. The predicted octanol–water partition coefficient (Wildman–Crippen LogP) is 3.34. The van der Waals surface area contributed by atoms with Gasteiger partial charge in [0.25, 0.3) is 0 Å². The van der Waals surface area contributed by atoms with Gasteiger partial charge in [-0.2, -0.15) is 0 Å². The van der Waals surface area contributed by atoms with E-state index in [9.17, 15) is 9.50 Å². The molecule has 1 N–H and O–H groups in total. The van der Waals surface area contributed by atoms with Crippen LogP contribution in [0.1, 0.15) is 18.6 Å². The van der Waals surface area contributed by atoms with E-state index in [-0.39, 0.29) is 12.4 Å². The number of halogens is 1. The maximum absolute atomic E-state index is 13.0. The van der Waals surface area contributed by atoms with Crippen molar-refractivity contribution in [2.75, 3.05) is 13.2 Å². The standard InChI is InChI=1S/C16H17FO3/c1-2-19-14-8-6-12(7-9-14)16(18)11-20-15-5-3-4-13(17)10-15/h3-10,16,18H,2,11H2,1H3. The zero-order valence-corrected chi connectivity index (χ0v) is 11.3. The van der Waals surface area contributed by atoms with Gasteiger partial charge in [0.2, 0.25) is 0 Å². The van der Waals surface area contributed by atoms with Crippen LogP contribution in [0, 0.1) is 5.82 Å². The first-order chi connectivity index (χ1) is 9.69. The topological polar surface area (TPSA) is 38.7 Å². The molecule has 0 aliphatic heterocycles. The second-order valence-corrected chi connectivity index (χ2v) is 4.29. The molecule has 20 heavy (non-hydrogen) atoms. The van der Waals surface area contributed by atoms with Gasteiger partial charge in [-0.3, -0.25) is 0 Å². The molecular weight excluding hydrogens is 259 g/mol. The Bertz CT molecular complexity index is 540. The fourth-order valence-electron chi connectivity index (χ4n) is 1.78. The van der Waals surface area contributed by atoms with E-state index in [1.54, 1.807) is 36.4 Å². The Kier molecular flexibility index (Phi) is 4.96. The van der Waals surface area contributed by atoms with Gasteiger partial charge in [-0.25, -0.2) is 4.39 Å². The highest BCUT2D eigenvalue weighted by atomic mass is 19.1. The van der Waals surface area contributed by atoms with Crippen LogP contribution < -0.4 is 9.47 Å². The number of aliphatic hydroxyl groups is 1. The first-order valence-electron chi connectivity index (χ1n) is 6.48. The summed E-state index contributed by atoms with van der Waals surface area (Å²) < 4.78 is 23.7. The monoisotopic (exact) mass is 276 g/mol. The summed E-state index contributed by atoms with van der Waals surface area (Å²) in [5.74, 6) is 0.794. The first kappa shape index (κ1) is 14.3. The number of ether oxygens (including phenoxy) is 2. The third-order valence-corrected chi connectivity index (χ3v) is 2.78. The smallest absolute Gasteiger partial charge is 0.126 e. The van der Waals surface area contributed by atoms with Gasteiger partial charge in [-0.15, -0.1) is 0 Å². The van der Waals surface area contributed by atoms with E-state index in [4.69, 9.17) is 9.47 Å². The van der Waals surface area contributed by atoms with Crippen molar-refractivity contribution in [1.82, 2.24) is 0 Å². The maximum atomic E-state index is 13.0. The highest BCUT2D eigenvalue weighted by Gasteiger charge is 2.09. The summed E-state index contributed by atoms with van der Waals surface area (Å²) in [4.78, 5) is 0. The molecule has 2 aromatic rings. The second kappa shape index (κ2) is 6.91. The van der Waals surface area contributed by atoms with Crippen LogP contribution in [0.2, 0.25) is 0 Å². The van der Waals surface area contributed by atoms with E-state index < -0.39 is 6.10 Å². The van der Waals surface area contributed by atoms with E-state index in [1.807, 2.05) is 6.92 Å². The third kappa shape index (κ3) is 3.96. The zero-order valence-electron chi connectivity index (χ0n) is 11.3. The SMILES string of the molecule is CCOc1ccc(C(O)COc2cccc(F)c2)cc1. The molecule has 2 aromatic carbocycles. The molecule has 0 spiro atoms. The Morgan fingerprint density at radius 3 is 2.45 bits per heavy atom. The summed E-state index contributed by atoms with van der Waals surface area (Å²) in [6, 6.07) is 13.0. The Labute approximate surface area is 117 Å². The van der Waals surface area contributed by atoms with Crippen LogP contribution in [0.4, 0.5) is 4.39 Å². The van der Waals surface area contributed by atoms with Crippen LogP contribution in [0.25, 0.3) is 0 Å². The van der Waals surface area contributed by atoms with E-state index in [2.05, 4.69) is 0 Å². The van der Waals surface area contributed by atoms with Crippen LogP contribution >= 0.6 is 0 Å². The summed E-state index contributed by atoms with van der Waals surface area (Å²) in [7, 11) is 0. The average Bonchev–Trinajstić information content (AvgIpc) is 2.46. The highest BCUT2D eigenvalue weighted by Crippen LogP contribution is 2.20. The summed E-state index contributed by atoms with van der Waals surface area (Å²) in [6.07, 6.45) is -0.769. The van der Waals surface area contributed by atoms with Gasteiger partial charge in [0.1, 0.15) is 30.0 Å². The molecule has 0 aliphatic carbocycles. The van der Waals surface area contributed by atoms with Crippen molar-refractivity contribution >= 4 is 0 Å². The van der Waals surface area contributed by atoms with Gasteiger partial charge in [-0.05, 0) is 36.8 Å². The molecule has 0 bridgehead atoms. The Hall–Kier alpha value is -2.07. The minimum atomic E-state index is -0.769. The van der Waals surface area contributed by atoms with Crippen molar-refractivity contribution in [3.63, 3.8) is 0 Å². The molecule has 0 aromatic heterocycles. The molecule has 0 amide bonds. The molecule has 4 heteroatoms. The van der Waals surface area contributed by atoms with Crippen LogP contribution in [0.15, 0.2) is 48.5 Å². The van der Waals surface area contributed by atoms with Crippen LogP contribution in [-0.2, 0) is 0 Å². The van der Waals surface area contributed by atoms with Crippen LogP contribution in [0.5, 0.6) is 11.5 Å². The van der Waals surface area contributed by atoms with Crippen molar-refractivity contribution in [2.24, 2.45) is 0 Å². The van der Waals surface area contributed by atoms with Gasteiger partial charge in [0.15, 0.2) is 0 Å². The van der Waals surface area contributed by atoms with Crippen LogP contribution in [-0.4, -0.2) is 18.3 Å². The largest absolute Gasteiger partial charge is 0.494 e. The van der Waals surface area contributed by atoms with Crippen molar-refractivity contribution in [1.29, 1.82) is 0 Å². The third-order valence-electron chi connectivity index (χ3n) is 2.78. The number of hydrogen-bond donors (Lipinski definition) is 1. The molecule has 2 rings (SSSR count). The summed E-state index contributed by atoms with van der Waals surface area (Å²) in [6.45, 7) is 2.58. The van der Waals surface area contributed by atoms with E-state index in [0.29, 0.717) is 12.4 Å². The molecule has 3 nitrogen and oxygen atoms in total. The molecule has 0 radical (unpaired) electrons. The lowest BCUT2D eigenvalue weighted by molar-refractivity contribution is 0.108. The van der Waals surface area contributed by atoms with Gasteiger partial charge in [-0.1, -0.05) is 18.2 Å². The number of rotatable bonds is 6. The quantitative estimate of drug-likeness (QED) is 0.879. The molecule has 0 heterocycles. The van der Waals surface area contributed by atoms with Gasteiger partial charge < -0.3 is 14.6 Å². The van der Waals surface area contributed by atoms with Crippen molar-refractivity contribution in [2.45, 2.75) is 13.0 Å². The minimum Gasteiger partial charge on any atom is -0.494 e. The summed E-state index contributed by atoms with van der Waals surface area (Å²) in [5.41, 5.74) is 0.727.